The first-order valence-electron chi connectivity index (χ1n) is 9.54. The maximum atomic E-state index is 9.00. The van der Waals surface area contributed by atoms with E-state index in [4.69, 9.17) is 10.5 Å². The molecule has 0 saturated heterocycles. The van der Waals surface area contributed by atoms with E-state index in [0.717, 1.165) is 16.7 Å². The van der Waals surface area contributed by atoms with Gasteiger partial charge in [-0.2, -0.15) is 10.5 Å². The first-order valence-corrected chi connectivity index (χ1v) is 9.54. The molecule has 0 amide bonds. The van der Waals surface area contributed by atoms with Gasteiger partial charge in [-0.15, -0.1) is 0 Å². The van der Waals surface area contributed by atoms with E-state index in [2.05, 4.69) is 50.9 Å². The van der Waals surface area contributed by atoms with Gasteiger partial charge < -0.3 is 0 Å². The minimum atomic E-state index is -0.717. The van der Waals surface area contributed by atoms with E-state index >= 15 is 0 Å². The standard InChI is InChI=1S/C26H23N3/c1-17-11-22(6-5-21-7-9-23(10-8-21)24(13-27)14-28)12-18(2)25(17)26-19(3)15-29-16-20(26)4/h5-12,15-16,24H,1-4H3/b6-5+. The largest absolute Gasteiger partial charge is 0.264 e. The fourth-order valence-electron chi connectivity index (χ4n) is 3.75. The summed E-state index contributed by atoms with van der Waals surface area (Å²) in [6.45, 7) is 8.51. The van der Waals surface area contributed by atoms with Crippen molar-refractivity contribution in [1.29, 1.82) is 10.5 Å². The molecule has 1 aromatic heterocycles. The summed E-state index contributed by atoms with van der Waals surface area (Å²) in [4.78, 5) is 4.29. The van der Waals surface area contributed by atoms with Gasteiger partial charge >= 0.3 is 0 Å². The summed E-state index contributed by atoms with van der Waals surface area (Å²) >= 11 is 0. The van der Waals surface area contributed by atoms with Crippen LogP contribution in [0.5, 0.6) is 0 Å². The highest BCUT2D eigenvalue weighted by molar-refractivity contribution is 5.79. The van der Waals surface area contributed by atoms with Gasteiger partial charge in [-0.1, -0.05) is 48.6 Å². The summed E-state index contributed by atoms with van der Waals surface area (Å²) in [7, 11) is 0. The number of aromatic nitrogens is 1. The van der Waals surface area contributed by atoms with Gasteiger partial charge in [-0.25, -0.2) is 0 Å². The molecule has 3 nitrogen and oxygen atoms in total. The van der Waals surface area contributed by atoms with Crippen molar-refractivity contribution in [3.05, 3.63) is 87.7 Å². The third-order valence-corrected chi connectivity index (χ3v) is 5.13. The van der Waals surface area contributed by atoms with Crippen LogP contribution >= 0.6 is 0 Å². The van der Waals surface area contributed by atoms with E-state index in [0.29, 0.717) is 0 Å². The van der Waals surface area contributed by atoms with Gasteiger partial charge in [0.15, 0.2) is 5.92 Å². The van der Waals surface area contributed by atoms with E-state index in [9.17, 15) is 0 Å². The minimum Gasteiger partial charge on any atom is -0.264 e. The Balaban J connectivity index is 1.90. The quantitative estimate of drug-likeness (QED) is 0.502. The maximum absolute atomic E-state index is 9.00. The Morgan fingerprint density at radius 2 is 1.21 bits per heavy atom. The van der Waals surface area contributed by atoms with Gasteiger partial charge in [0.2, 0.25) is 0 Å². The van der Waals surface area contributed by atoms with Crippen molar-refractivity contribution in [2.75, 3.05) is 0 Å². The fraction of sp³-hybridized carbons (Fsp3) is 0.192. The molecule has 0 atom stereocenters. The lowest BCUT2D eigenvalue weighted by atomic mass is 9.89. The molecule has 3 rings (SSSR count). The van der Waals surface area contributed by atoms with Crippen molar-refractivity contribution in [3.8, 4) is 23.3 Å². The highest BCUT2D eigenvalue weighted by Crippen LogP contribution is 2.33. The van der Waals surface area contributed by atoms with Crippen molar-refractivity contribution in [2.24, 2.45) is 0 Å². The van der Waals surface area contributed by atoms with Crippen molar-refractivity contribution in [3.63, 3.8) is 0 Å². The summed E-state index contributed by atoms with van der Waals surface area (Å²) in [6.07, 6.45) is 7.98. The number of hydrogen-bond donors (Lipinski definition) is 0. The second-order valence-corrected chi connectivity index (χ2v) is 7.37. The van der Waals surface area contributed by atoms with Gasteiger partial charge in [0, 0.05) is 12.4 Å². The molecule has 0 saturated carbocycles. The van der Waals surface area contributed by atoms with Gasteiger partial charge in [-0.05, 0) is 77.8 Å². The fourth-order valence-corrected chi connectivity index (χ4v) is 3.75. The van der Waals surface area contributed by atoms with Gasteiger partial charge in [0.25, 0.3) is 0 Å². The normalized spacial score (nSPS) is 10.9. The molecule has 0 aliphatic heterocycles. The highest BCUT2D eigenvalue weighted by atomic mass is 14.6. The second kappa shape index (κ2) is 8.55. The number of nitriles is 2. The Hall–Kier alpha value is -3.69. The van der Waals surface area contributed by atoms with Crippen LogP contribution in [0.25, 0.3) is 23.3 Å². The summed E-state index contributed by atoms with van der Waals surface area (Å²) in [6, 6.07) is 16.0. The first kappa shape index (κ1) is 20.1. The zero-order chi connectivity index (χ0) is 21.0. The van der Waals surface area contributed by atoms with Crippen molar-refractivity contribution < 1.29 is 0 Å². The molecule has 3 aromatic rings. The molecule has 1 heterocycles. The molecular weight excluding hydrogens is 354 g/mol. The van der Waals surface area contributed by atoms with E-state index in [-0.39, 0.29) is 0 Å². The monoisotopic (exact) mass is 377 g/mol. The lowest BCUT2D eigenvalue weighted by Gasteiger charge is -2.16. The summed E-state index contributed by atoms with van der Waals surface area (Å²) < 4.78 is 0. The zero-order valence-electron chi connectivity index (χ0n) is 17.2. The maximum Gasteiger partial charge on any atom is 0.158 e. The Morgan fingerprint density at radius 1 is 0.724 bits per heavy atom. The van der Waals surface area contributed by atoms with E-state index in [1.54, 1.807) is 0 Å². The zero-order valence-corrected chi connectivity index (χ0v) is 17.2. The molecule has 0 aliphatic carbocycles. The summed E-state index contributed by atoms with van der Waals surface area (Å²) in [5.74, 6) is -0.717. The SMILES string of the molecule is Cc1cncc(C)c1-c1c(C)cc(/C=C/c2ccc(C(C#N)C#N)cc2)cc1C. The Kier molecular flexibility index (Phi) is 5.91. The Bertz CT molecular complexity index is 1100. The van der Waals surface area contributed by atoms with E-state index < -0.39 is 5.92 Å². The van der Waals surface area contributed by atoms with Gasteiger partial charge in [0.1, 0.15) is 0 Å². The van der Waals surface area contributed by atoms with Gasteiger partial charge in [0.05, 0.1) is 12.1 Å². The van der Waals surface area contributed by atoms with E-state index in [1.165, 1.54) is 33.4 Å². The number of aryl methyl sites for hydroxylation is 4. The molecule has 0 spiro atoms. The molecule has 2 aromatic carbocycles. The highest BCUT2D eigenvalue weighted by Gasteiger charge is 2.12. The van der Waals surface area contributed by atoms with Crippen LogP contribution in [0.3, 0.4) is 0 Å². The Morgan fingerprint density at radius 3 is 1.72 bits per heavy atom. The Labute approximate surface area is 172 Å². The molecule has 142 valence electrons. The number of benzene rings is 2. The molecule has 29 heavy (non-hydrogen) atoms. The molecule has 0 N–H and O–H groups in total. The third kappa shape index (κ3) is 4.26. The van der Waals surface area contributed by atoms with Crippen LogP contribution in [-0.4, -0.2) is 4.98 Å². The number of rotatable bonds is 4. The lowest BCUT2D eigenvalue weighted by Crippen LogP contribution is -1.96. The third-order valence-electron chi connectivity index (χ3n) is 5.13. The van der Waals surface area contributed by atoms with Crippen LogP contribution in [0.4, 0.5) is 0 Å². The van der Waals surface area contributed by atoms with E-state index in [1.807, 2.05) is 54.9 Å². The molecule has 0 aliphatic rings. The topological polar surface area (TPSA) is 60.5 Å². The molecule has 0 fully saturated rings. The van der Waals surface area contributed by atoms with Crippen LogP contribution in [0.1, 0.15) is 44.9 Å². The molecule has 0 radical (unpaired) electrons. The van der Waals surface area contributed by atoms with Crippen LogP contribution in [0.2, 0.25) is 0 Å². The molecule has 0 bridgehead atoms. The van der Waals surface area contributed by atoms with Gasteiger partial charge in [-0.3, -0.25) is 4.98 Å². The molecular formula is C26H23N3. The predicted octanol–water partition coefficient (Wildman–Crippen LogP) is 6.28. The number of hydrogen-bond acceptors (Lipinski definition) is 3. The number of nitrogens with zero attached hydrogens (tertiary/aromatic N) is 3. The lowest BCUT2D eigenvalue weighted by molar-refractivity contribution is 1.10. The predicted molar refractivity (Wildman–Crippen MR) is 118 cm³/mol. The van der Waals surface area contributed by atoms with Crippen molar-refractivity contribution in [2.45, 2.75) is 33.6 Å². The number of pyridine rings is 1. The minimum absolute atomic E-state index is 0.717. The van der Waals surface area contributed by atoms with Crippen molar-refractivity contribution in [1.82, 2.24) is 4.98 Å². The molecule has 0 unspecified atom stereocenters. The average molecular weight is 377 g/mol. The van der Waals surface area contributed by atoms with Crippen LogP contribution < -0.4 is 0 Å². The molecule has 3 heteroatoms. The second-order valence-electron chi connectivity index (χ2n) is 7.37. The summed E-state index contributed by atoms with van der Waals surface area (Å²) in [5.41, 5.74) is 10.3. The van der Waals surface area contributed by atoms with Crippen LogP contribution in [-0.2, 0) is 0 Å². The van der Waals surface area contributed by atoms with Crippen molar-refractivity contribution >= 4 is 12.2 Å². The van der Waals surface area contributed by atoms with Crippen LogP contribution in [0.15, 0.2) is 48.8 Å². The summed E-state index contributed by atoms with van der Waals surface area (Å²) in [5, 5.41) is 18.0. The average Bonchev–Trinajstić information content (AvgIpc) is 2.70. The van der Waals surface area contributed by atoms with Crippen LogP contribution in [0, 0.1) is 50.4 Å². The smallest absolute Gasteiger partial charge is 0.158 e. The first-order chi connectivity index (χ1) is 13.9.